The summed E-state index contributed by atoms with van der Waals surface area (Å²) in [5.74, 6) is -0.385. The molecule has 0 aliphatic heterocycles. The molecule has 1 unspecified atom stereocenters. The lowest BCUT2D eigenvalue weighted by molar-refractivity contribution is -0.117. The fourth-order valence-electron chi connectivity index (χ4n) is 3.67. The van der Waals surface area contributed by atoms with Crippen molar-refractivity contribution in [1.82, 2.24) is 4.98 Å². The molecule has 0 saturated heterocycles. The molecular weight excluding hydrogens is 459 g/mol. The minimum Gasteiger partial charge on any atom is -0.508 e. The molecule has 1 atom stereocenters. The zero-order valence-electron chi connectivity index (χ0n) is 17.9. The van der Waals surface area contributed by atoms with E-state index in [2.05, 4.69) is 10.3 Å². The Kier molecular flexibility index (Phi) is 7.02. The van der Waals surface area contributed by atoms with Gasteiger partial charge in [0.1, 0.15) is 11.4 Å². The van der Waals surface area contributed by atoms with Crippen LogP contribution in [0.5, 0.6) is 5.75 Å². The normalized spacial score (nSPS) is 11.8. The van der Waals surface area contributed by atoms with E-state index in [9.17, 15) is 9.90 Å². The second-order valence-corrected chi connectivity index (χ2v) is 8.42. The van der Waals surface area contributed by atoms with Crippen LogP contribution in [0.2, 0.25) is 10.0 Å². The summed E-state index contributed by atoms with van der Waals surface area (Å²) in [7, 11) is 0. The van der Waals surface area contributed by atoms with Crippen LogP contribution in [-0.2, 0) is 4.79 Å². The van der Waals surface area contributed by atoms with Crippen molar-refractivity contribution in [2.24, 2.45) is 0 Å². The molecule has 0 aliphatic rings. The first-order valence-electron chi connectivity index (χ1n) is 10.6. The smallest absolute Gasteiger partial charge is 0.234 e. The Morgan fingerprint density at radius 1 is 1.06 bits per heavy atom. The predicted molar refractivity (Wildman–Crippen MR) is 132 cm³/mol. The van der Waals surface area contributed by atoms with Gasteiger partial charge in [0.2, 0.25) is 17.7 Å². The van der Waals surface area contributed by atoms with Crippen LogP contribution in [0.1, 0.15) is 31.2 Å². The lowest BCUT2D eigenvalue weighted by Crippen LogP contribution is -2.21. The van der Waals surface area contributed by atoms with E-state index in [-0.39, 0.29) is 17.5 Å². The Balaban J connectivity index is 1.74. The van der Waals surface area contributed by atoms with Gasteiger partial charge in [-0.15, -0.1) is 0 Å². The molecule has 0 aliphatic carbocycles. The third-order valence-electron chi connectivity index (χ3n) is 5.28. The number of oxazole rings is 1. The third-order valence-corrected chi connectivity index (χ3v) is 5.84. The largest absolute Gasteiger partial charge is 0.508 e. The number of anilines is 1. The van der Waals surface area contributed by atoms with Crippen LogP contribution in [0.25, 0.3) is 22.7 Å². The summed E-state index contributed by atoms with van der Waals surface area (Å²) >= 11 is 12.4. The van der Waals surface area contributed by atoms with Crippen molar-refractivity contribution in [3.8, 4) is 28.5 Å². The fourth-order valence-corrected chi connectivity index (χ4v) is 4.06. The molecule has 0 radical (unpaired) electrons. The van der Waals surface area contributed by atoms with Crippen LogP contribution in [0, 0.1) is 0 Å². The van der Waals surface area contributed by atoms with Crippen LogP contribution in [0.4, 0.5) is 5.88 Å². The number of hydrogen-bond donors (Lipinski definition) is 2. The van der Waals surface area contributed by atoms with Crippen LogP contribution >= 0.6 is 23.2 Å². The maximum absolute atomic E-state index is 13.4. The first kappa shape index (κ1) is 22.9. The molecular formula is C26H22Cl2N2O3. The van der Waals surface area contributed by atoms with Gasteiger partial charge in [0.15, 0.2) is 0 Å². The van der Waals surface area contributed by atoms with Gasteiger partial charge in [-0.1, -0.05) is 79.0 Å². The van der Waals surface area contributed by atoms with Crippen LogP contribution in [0.15, 0.2) is 77.2 Å². The van der Waals surface area contributed by atoms with E-state index in [1.54, 1.807) is 18.2 Å². The summed E-state index contributed by atoms with van der Waals surface area (Å²) in [5.41, 5.74) is 2.35. The molecule has 4 rings (SSSR count). The molecule has 0 fully saturated rings. The van der Waals surface area contributed by atoms with Crippen molar-refractivity contribution >= 4 is 35.0 Å². The Labute approximate surface area is 202 Å². The van der Waals surface area contributed by atoms with Crippen LogP contribution in [0.3, 0.4) is 0 Å². The second-order valence-electron chi connectivity index (χ2n) is 7.58. The van der Waals surface area contributed by atoms with Gasteiger partial charge >= 0.3 is 0 Å². The summed E-state index contributed by atoms with van der Waals surface area (Å²) in [4.78, 5) is 18.0. The molecule has 1 heterocycles. The number of phenols is 1. The highest BCUT2D eigenvalue weighted by Gasteiger charge is 2.27. The quantitative estimate of drug-likeness (QED) is 0.286. The molecule has 1 aromatic heterocycles. The Morgan fingerprint density at radius 2 is 1.79 bits per heavy atom. The van der Waals surface area contributed by atoms with Crippen LogP contribution < -0.4 is 5.32 Å². The third kappa shape index (κ3) is 5.05. The predicted octanol–water partition coefficient (Wildman–Crippen LogP) is 7.54. The minimum atomic E-state index is -0.600. The molecule has 1 amide bonds. The highest BCUT2D eigenvalue weighted by Crippen LogP contribution is 2.38. The summed E-state index contributed by atoms with van der Waals surface area (Å²) in [6.45, 7) is 1.98. The van der Waals surface area contributed by atoms with E-state index in [4.69, 9.17) is 27.6 Å². The SMILES string of the molecule is CCCC(C(=O)Nc1oc(-c2ccccc2)nc1-c1ccccc1Cl)c1ccc(Cl)cc1O. The standard InChI is InChI=1S/C26H22Cl2N2O3/c1-2-8-19(18-14-13-17(27)15-22(18)31)24(32)30-26-23(20-11-6-7-12-21(20)28)29-25(33-26)16-9-4-3-5-10-16/h3-7,9-15,19,31H,2,8H2,1H3,(H,30,32). The van der Waals surface area contributed by atoms with Gasteiger partial charge in [0.05, 0.1) is 10.9 Å². The van der Waals surface area contributed by atoms with Gasteiger partial charge in [-0.05, 0) is 36.8 Å². The van der Waals surface area contributed by atoms with Gasteiger partial charge in [-0.2, -0.15) is 0 Å². The molecule has 4 aromatic rings. The number of phenolic OH excluding ortho intramolecular Hbond substituents is 1. The lowest BCUT2D eigenvalue weighted by Gasteiger charge is -2.17. The van der Waals surface area contributed by atoms with Crippen molar-refractivity contribution in [2.75, 3.05) is 5.32 Å². The molecule has 7 heteroatoms. The maximum atomic E-state index is 13.4. The van der Waals surface area contributed by atoms with Gasteiger partial charge < -0.3 is 9.52 Å². The van der Waals surface area contributed by atoms with Crippen molar-refractivity contribution in [3.05, 3.63) is 88.4 Å². The topological polar surface area (TPSA) is 75.4 Å². The number of nitrogens with zero attached hydrogens (tertiary/aromatic N) is 1. The molecule has 2 N–H and O–H groups in total. The van der Waals surface area contributed by atoms with E-state index in [0.29, 0.717) is 39.2 Å². The van der Waals surface area contributed by atoms with Crippen molar-refractivity contribution < 1.29 is 14.3 Å². The number of carbonyl (C=O) groups excluding carboxylic acids is 1. The maximum Gasteiger partial charge on any atom is 0.234 e. The van der Waals surface area contributed by atoms with E-state index < -0.39 is 5.92 Å². The number of benzene rings is 3. The minimum absolute atomic E-state index is 0.0232. The zero-order valence-corrected chi connectivity index (χ0v) is 19.4. The van der Waals surface area contributed by atoms with E-state index in [1.165, 1.54) is 6.07 Å². The summed E-state index contributed by atoms with van der Waals surface area (Å²) in [6.07, 6.45) is 1.27. The molecule has 5 nitrogen and oxygen atoms in total. The number of amides is 1. The average molecular weight is 481 g/mol. The highest BCUT2D eigenvalue weighted by molar-refractivity contribution is 6.33. The number of carbonyl (C=O) groups is 1. The van der Waals surface area contributed by atoms with Gasteiger partial charge in [0, 0.05) is 21.7 Å². The van der Waals surface area contributed by atoms with Crippen molar-refractivity contribution in [3.63, 3.8) is 0 Å². The number of aromatic hydroxyl groups is 1. The first-order valence-corrected chi connectivity index (χ1v) is 11.3. The van der Waals surface area contributed by atoms with Gasteiger partial charge in [0.25, 0.3) is 0 Å². The Morgan fingerprint density at radius 3 is 2.48 bits per heavy atom. The van der Waals surface area contributed by atoms with E-state index in [0.717, 1.165) is 12.0 Å². The molecule has 0 bridgehead atoms. The van der Waals surface area contributed by atoms with Gasteiger partial charge in [-0.25, -0.2) is 4.98 Å². The van der Waals surface area contributed by atoms with Gasteiger partial charge in [-0.3, -0.25) is 10.1 Å². The average Bonchev–Trinajstić information content (AvgIpc) is 3.22. The molecule has 0 spiro atoms. The van der Waals surface area contributed by atoms with Crippen molar-refractivity contribution in [2.45, 2.75) is 25.7 Å². The number of hydrogen-bond acceptors (Lipinski definition) is 4. The Bertz CT molecular complexity index is 1270. The molecule has 168 valence electrons. The molecule has 0 saturated carbocycles. The monoisotopic (exact) mass is 480 g/mol. The molecule has 33 heavy (non-hydrogen) atoms. The van der Waals surface area contributed by atoms with E-state index >= 15 is 0 Å². The van der Waals surface area contributed by atoms with Crippen molar-refractivity contribution in [1.29, 1.82) is 0 Å². The highest BCUT2D eigenvalue weighted by atomic mass is 35.5. The number of aromatic nitrogens is 1. The fraction of sp³-hybridized carbons (Fsp3) is 0.154. The first-order chi connectivity index (χ1) is 16.0. The summed E-state index contributed by atoms with van der Waals surface area (Å²) < 4.78 is 6.01. The molecule has 3 aromatic carbocycles. The number of nitrogens with one attached hydrogen (secondary N) is 1. The lowest BCUT2D eigenvalue weighted by atomic mass is 9.92. The van der Waals surface area contributed by atoms with E-state index in [1.807, 2.05) is 55.5 Å². The number of rotatable bonds is 7. The second kappa shape index (κ2) is 10.1. The Hall–Kier alpha value is -3.28. The summed E-state index contributed by atoms with van der Waals surface area (Å²) in [6, 6.07) is 21.4. The van der Waals surface area contributed by atoms with Crippen LogP contribution in [-0.4, -0.2) is 16.0 Å². The summed E-state index contributed by atoms with van der Waals surface area (Å²) in [5, 5.41) is 14.2. The number of halogens is 2. The zero-order chi connectivity index (χ0) is 23.4.